The van der Waals surface area contributed by atoms with Crippen LogP contribution in [-0.4, -0.2) is 29.6 Å². The van der Waals surface area contributed by atoms with Gasteiger partial charge in [0.25, 0.3) is 0 Å². The van der Waals surface area contributed by atoms with Crippen molar-refractivity contribution in [1.29, 1.82) is 0 Å². The van der Waals surface area contributed by atoms with Crippen molar-refractivity contribution in [2.75, 3.05) is 19.0 Å². The van der Waals surface area contributed by atoms with Crippen LogP contribution < -0.4 is 5.32 Å². The van der Waals surface area contributed by atoms with Crippen LogP contribution in [-0.2, 0) is 9.53 Å². The summed E-state index contributed by atoms with van der Waals surface area (Å²) in [5.41, 5.74) is 2.04. The fourth-order valence-electron chi connectivity index (χ4n) is 1.32. The lowest BCUT2D eigenvalue weighted by atomic mass is 10.3. The zero-order valence-electron chi connectivity index (χ0n) is 8.98. The lowest BCUT2D eigenvalue weighted by molar-refractivity contribution is -0.138. The molecule has 0 radical (unpaired) electrons. The predicted octanol–water partition coefficient (Wildman–Crippen LogP) is 1.58. The number of ether oxygens (including phenoxy) is 1. The molecule has 0 bridgehead atoms. The summed E-state index contributed by atoms with van der Waals surface area (Å²) in [6.45, 7) is 2.11. The number of carbonyl (C=O) groups excluding carboxylic acids is 1. The van der Waals surface area contributed by atoms with E-state index in [1.807, 2.05) is 12.3 Å². The lowest BCUT2D eigenvalue weighted by Gasteiger charge is -2.04. The van der Waals surface area contributed by atoms with E-state index in [-0.39, 0.29) is 12.5 Å². The second-order valence-electron chi connectivity index (χ2n) is 3.25. The number of nitrogens with zero attached hydrogens (tertiary/aromatic N) is 2. The van der Waals surface area contributed by atoms with Gasteiger partial charge >= 0.3 is 5.97 Å². The Morgan fingerprint density at radius 1 is 1.56 bits per heavy atom. The van der Waals surface area contributed by atoms with Crippen LogP contribution in [0.4, 0.5) is 5.82 Å². The summed E-state index contributed by atoms with van der Waals surface area (Å²) in [7, 11) is 1.36. The minimum atomic E-state index is -0.319. The maximum absolute atomic E-state index is 11.0. The average Bonchev–Trinajstić information content (AvgIpc) is 2.69. The van der Waals surface area contributed by atoms with Crippen molar-refractivity contribution in [2.45, 2.75) is 6.92 Å². The highest BCUT2D eigenvalue weighted by Gasteiger charge is 2.08. The van der Waals surface area contributed by atoms with Gasteiger partial charge in [0.1, 0.15) is 18.7 Å². The molecule has 5 nitrogen and oxygen atoms in total. The number of fused-ring (bicyclic) bond motifs is 1. The van der Waals surface area contributed by atoms with Crippen molar-refractivity contribution < 1.29 is 9.53 Å². The molecule has 0 aliphatic rings. The van der Waals surface area contributed by atoms with Crippen molar-refractivity contribution >= 4 is 33.3 Å². The zero-order valence-corrected chi connectivity index (χ0v) is 9.80. The summed E-state index contributed by atoms with van der Waals surface area (Å²) in [6.07, 6.45) is 1.49. The minimum Gasteiger partial charge on any atom is -0.468 e. The molecular weight excluding hydrogens is 226 g/mol. The molecule has 0 amide bonds. The molecular formula is C10H11N3O2S. The van der Waals surface area contributed by atoms with Gasteiger partial charge in [-0.25, -0.2) is 9.97 Å². The predicted molar refractivity (Wildman–Crippen MR) is 62.7 cm³/mol. The van der Waals surface area contributed by atoms with E-state index in [1.165, 1.54) is 13.4 Å². The fraction of sp³-hybridized carbons (Fsp3) is 0.300. The molecule has 16 heavy (non-hydrogen) atoms. The number of methoxy groups -OCH3 is 1. The van der Waals surface area contributed by atoms with Gasteiger partial charge in [0.05, 0.1) is 17.3 Å². The summed E-state index contributed by atoms with van der Waals surface area (Å²) in [5.74, 6) is 0.355. The van der Waals surface area contributed by atoms with Gasteiger partial charge in [0, 0.05) is 0 Å². The van der Waals surface area contributed by atoms with Crippen LogP contribution in [0.25, 0.3) is 10.2 Å². The van der Waals surface area contributed by atoms with E-state index < -0.39 is 0 Å². The van der Waals surface area contributed by atoms with Gasteiger partial charge in [0.2, 0.25) is 0 Å². The minimum absolute atomic E-state index is 0.111. The molecule has 2 aromatic rings. The Morgan fingerprint density at radius 3 is 3.12 bits per heavy atom. The SMILES string of the molecule is COC(=O)CNc1ncnc2c(C)csc12. The Labute approximate surface area is 96.5 Å². The van der Waals surface area contributed by atoms with Crippen LogP contribution >= 0.6 is 11.3 Å². The summed E-state index contributed by atoms with van der Waals surface area (Å²) in [5, 5.41) is 4.95. The van der Waals surface area contributed by atoms with E-state index in [0.29, 0.717) is 5.82 Å². The van der Waals surface area contributed by atoms with Gasteiger partial charge in [-0.05, 0) is 17.9 Å². The molecule has 2 aromatic heterocycles. The number of rotatable bonds is 3. The maximum Gasteiger partial charge on any atom is 0.325 e. The molecule has 0 atom stereocenters. The second kappa shape index (κ2) is 4.44. The quantitative estimate of drug-likeness (QED) is 0.821. The van der Waals surface area contributed by atoms with Crippen molar-refractivity contribution in [1.82, 2.24) is 9.97 Å². The Morgan fingerprint density at radius 2 is 2.38 bits per heavy atom. The Kier molecular flexibility index (Phi) is 3.00. The summed E-state index contributed by atoms with van der Waals surface area (Å²) < 4.78 is 5.51. The first-order valence-corrected chi connectivity index (χ1v) is 5.60. The van der Waals surface area contributed by atoms with Crippen LogP contribution in [0.3, 0.4) is 0 Å². The normalized spacial score (nSPS) is 10.4. The number of esters is 1. The molecule has 0 unspecified atom stereocenters. The highest BCUT2D eigenvalue weighted by Crippen LogP contribution is 2.28. The van der Waals surface area contributed by atoms with Crippen molar-refractivity contribution in [3.63, 3.8) is 0 Å². The molecule has 84 valence electrons. The molecule has 2 heterocycles. The lowest BCUT2D eigenvalue weighted by Crippen LogP contribution is -2.15. The standard InChI is InChI=1S/C10H11N3O2S/c1-6-4-16-9-8(6)12-5-13-10(9)11-3-7(14)15-2/h4-5H,3H2,1-2H3,(H,11,12,13). The molecule has 0 aliphatic heterocycles. The Bertz CT molecular complexity index is 524. The number of carbonyl (C=O) groups is 1. The first kappa shape index (κ1) is 10.8. The van der Waals surface area contributed by atoms with E-state index in [1.54, 1.807) is 11.3 Å². The second-order valence-corrected chi connectivity index (χ2v) is 4.13. The summed E-state index contributed by atoms with van der Waals surface area (Å²) >= 11 is 1.56. The summed E-state index contributed by atoms with van der Waals surface area (Å²) in [6, 6.07) is 0. The van der Waals surface area contributed by atoms with Gasteiger partial charge in [-0.1, -0.05) is 0 Å². The molecule has 2 rings (SSSR count). The molecule has 1 N–H and O–H groups in total. The maximum atomic E-state index is 11.0. The van der Waals surface area contributed by atoms with Gasteiger partial charge in [-0.2, -0.15) is 0 Å². The number of aromatic nitrogens is 2. The topological polar surface area (TPSA) is 64.1 Å². The van der Waals surface area contributed by atoms with Gasteiger partial charge in [0.15, 0.2) is 0 Å². The molecule has 0 aromatic carbocycles. The van der Waals surface area contributed by atoms with E-state index in [0.717, 1.165) is 15.8 Å². The van der Waals surface area contributed by atoms with E-state index in [2.05, 4.69) is 20.0 Å². The molecule has 0 saturated carbocycles. The van der Waals surface area contributed by atoms with Gasteiger partial charge < -0.3 is 10.1 Å². The zero-order chi connectivity index (χ0) is 11.5. The van der Waals surface area contributed by atoms with Crippen molar-refractivity contribution in [3.05, 3.63) is 17.3 Å². The number of thiophene rings is 1. The average molecular weight is 237 g/mol. The number of anilines is 1. The van der Waals surface area contributed by atoms with Crippen molar-refractivity contribution in [3.8, 4) is 0 Å². The third kappa shape index (κ3) is 1.96. The molecule has 0 saturated heterocycles. The molecule has 0 spiro atoms. The highest BCUT2D eigenvalue weighted by molar-refractivity contribution is 7.18. The first-order chi connectivity index (χ1) is 7.72. The van der Waals surface area contributed by atoms with Crippen LogP contribution in [0.15, 0.2) is 11.7 Å². The monoisotopic (exact) mass is 237 g/mol. The molecule has 0 aliphatic carbocycles. The van der Waals surface area contributed by atoms with Crippen LogP contribution in [0.5, 0.6) is 0 Å². The van der Waals surface area contributed by atoms with Gasteiger partial charge in [-0.3, -0.25) is 4.79 Å². The van der Waals surface area contributed by atoms with Crippen LogP contribution in [0, 0.1) is 6.92 Å². The van der Waals surface area contributed by atoms with Crippen LogP contribution in [0.2, 0.25) is 0 Å². The molecule has 0 fully saturated rings. The largest absolute Gasteiger partial charge is 0.468 e. The van der Waals surface area contributed by atoms with E-state index in [4.69, 9.17) is 0 Å². The number of hydrogen-bond acceptors (Lipinski definition) is 6. The van der Waals surface area contributed by atoms with E-state index >= 15 is 0 Å². The van der Waals surface area contributed by atoms with Crippen molar-refractivity contribution in [2.24, 2.45) is 0 Å². The summed E-state index contributed by atoms with van der Waals surface area (Å²) in [4.78, 5) is 19.3. The third-order valence-electron chi connectivity index (χ3n) is 2.16. The Balaban J connectivity index is 2.27. The molecule has 6 heteroatoms. The fourth-order valence-corrected chi connectivity index (χ4v) is 2.29. The number of aryl methyl sites for hydroxylation is 1. The van der Waals surface area contributed by atoms with E-state index in [9.17, 15) is 4.79 Å². The number of hydrogen-bond donors (Lipinski definition) is 1. The van der Waals surface area contributed by atoms with Gasteiger partial charge in [-0.15, -0.1) is 11.3 Å². The Hall–Kier alpha value is -1.69. The first-order valence-electron chi connectivity index (χ1n) is 4.72. The highest BCUT2D eigenvalue weighted by atomic mass is 32.1. The number of nitrogens with one attached hydrogen (secondary N) is 1. The third-order valence-corrected chi connectivity index (χ3v) is 3.25. The smallest absolute Gasteiger partial charge is 0.325 e. The van der Waals surface area contributed by atoms with Crippen LogP contribution in [0.1, 0.15) is 5.56 Å².